The van der Waals surface area contributed by atoms with Gasteiger partial charge in [0.2, 0.25) is 5.91 Å². The van der Waals surface area contributed by atoms with Gasteiger partial charge in [0.05, 0.1) is 6.04 Å². The van der Waals surface area contributed by atoms with Crippen LogP contribution in [0.2, 0.25) is 0 Å². The van der Waals surface area contributed by atoms with Crippen LogP contribution in [0, 0.1) is 24.7 Å². The highest BCUT2D eigenvalue weighted by Gasteiger charge is 2.38. The predicted octanol–water partition coefficient (Wildman–Crippen LogP) is 5.89. The summed E-state index contributed by atoms with van der Waals surface area (Å²) in [6.07, 6.45) is 4.25. The van der Waals surface area contributed by atoms with Crippen LogP contribution in [0.15, 0.2) is 18.2 Å². The van der Waals surface area contributed by atoms with Crippen LogP contribution in [0.25, 0.3) is 10.9 Å². The summed E-state index contributed by atoms with van der Waals surface area (Å²) in [5.41, 5.74) is 4.56. The molecule has 2 aromatic rings. The maximum absolute atomic E-state index is 13.7. The van der Waals surface area contributed by atoms with E-state index in [2.05, 4.69) is 54.2 Å². The minimum atomic E-state index is -0.487. The van der Waals surface area contributed by atoms with Gasteiger partial charge in [0.15, 0.2) is 0 Å². The number of rotatable bonds is 4. The van der Waals surface area contributed by atoms with Crippen molar-refractivity contribution in [3.05, 3.63) is 35.0 Å². The standard InChI is InChI=1S/C28H41N3O3/c1-17(2)25-24-22(21-12-7-18(3)15-23(21)30-24)13-14-31(25)26(32)20-10-8-19(9-11-20)16-29-27(33)34-28(4,5)6/h7,12,15,17,19-20,25,30H,8-11,13-14,16H2,1-6H3,(H,29,33)/t19-,20-,25?. The molecule has 4 rings (SSSR count). The number of ether oxygens (including phenoxy) is 1. The Balaban J connectivity index is 1.40. The van der Waals surface area contributed by atoms with Crippen LogP contribution in [0.1, 0.15) is 83.2 Å². The van der Waals surface area contributed by atoms with E-state index >= 15 is 0 Å². The van der Waals surface area contributed by atoms with Gasteiger partial charge in [-0.25, -0.2) is 4.79 Å². The third-order valence-corrected chi connectivity index (χ3v) is 7.37. The Bertz CT molecular complexity index is 1040. The lowest BCUT2D eigenvalue weighted by atomic mass is 9.80. The quantitative estimate of drug-likeness (QED) is 0.589. The summed E-state index contributed by atoms with van der Waals surface area (Å²) in [5, 5.41) is 4.21. The highest BCUT2D eigenvalue weighted by atomic mass is 16.6. The number of carbonyl (C=O) groups excluding carboxylic acids is 2. The zero-order valence-electron chi connectivity index (χ0n) is 21.7. The molecule has 34 heavy (non-hydrogen) atoms. The SMILES string of the molecule is Cc1ccc2c3c([nH]c2c1)C(C(C)C)N(C(=O)[C@H]1CC[C@H](CNC(=O)OC(C)(C)C)CC1)CC3. The van der Waals surface area contributed by atoms with E-state index < -0.39 is 5.60 Å². The van der Waals surface area contributed by atoms with Gasteiger partial charge < -0.3 is 19.9 Å². The molecule has 0 radical (unpaired) electrons. The number of alkyl carbamates (subject to hydrolysis) is 1. The number of amides is 2. The molecule has 1 atom stereocenters. The summed E-state index contributed by atoms with van der Waals surface area (Å²) < 4.78 is 5.34. The molecule has 0 bridgehead atoms. The number of carbonyl (C=O) groups is 2. The molecule has 0 spiro atoms. The van der Waals surface area contributed by atoms with Gasteiger partial charge in [-0.3, -0.25) is 4.79 Å². The number of aryl methyl sites for hydroxylation is 1. The fourth-order valence-electron chi connectivity index (χ4n) is 5.77. The van der Waals surface area contributed by atoms with Crippen molar-refractivity contribution in [2.45, 2.75) is 85.3 Å². The summed E-state index contributed by atoms with van der Waals surface area (Å²) in [7, 11) is 0. The van der Waals surface area contributed by atoms with E-state index in [0.29, 0.717) is 24.3 Å². The van der Waals surface area contributed by atoms with Gasteiger partial charge in [-0.2, -0.15) is 0 Å². The molecule has 2 aliphatic rings. The van der Waals surface area contributed by atoms with Crippen molar-refractivity contribution in [3.8, 4) is 0 Å². The predicted molar refractivity (Wildman–Crippen MR) is 136 cm³/mol. The van der Waals surface area contributed by atoms with Crippen LogP contribution in [-0.2, 0) is 16.0 Å². The first-order valence-corrected chi connectivity index (χ1v) is 12.9. The number of hydrogen-bond acceptors (Lipinski definition) is 3. The number of nitrogens with zero attached hydrogens (tertiary/aromatic N) is 1. The maximum Gasteiger partial charge on any atom is 0.407 e. The molecule has 0 saturated heterocycles. The second-order valence-electron chi connectivity index (χ2n) is 11.6. The van der Waals surface area contributed by atoms with Gasteiger partial charge in [0, 0.05) is 35.6 Å². The Morgan fingerprint density at radius 1 is 1.18 bits per heavy atom. The van der Waals surface area contributed by atoms with Gasteiger partial charge >= 0.3 is 6.09 Å². The van der Waals surface area contributed by atoms with Crippen LogP contribution in [0.5, 0.6) is 0 Å². The van der Waals surface area contributed by atoms with Gasteiger partial charge in [-0.1, -0.05) is 26.0 Å². The lowest BCUT2D eigenvalue weighted by molar-refractivity contribution is -0.141. The van der Waals surface area contributed by atoms with Crippen LogP contribution in [0.4, 0.5) is 4.79 Å². The van der Waals surface area contributed by atoms with Crippen LogP contribution in [-0.4, -0.2) is 40.6 Å². The Labute approximate surface area is 203 Å². The van der Waals surface area contributed by atoms with Crippen molar-refractivity contribution in [2.24, 2.45) is 17.8 Å². The van der Waals surface area contributed by atoms with Gasteiger partial charge in [-0.05, 0) is 88.8 Å². The molecule has 1 aliphatic carbocycles. The van der Waals surface area contributed by atoms with Gasteiger partial charge in [-0.15, -0.1) is 0 Å². The molecule has 1 fully saturated rings. The van der Waals surface area contributed by atoms with E-state index in [-0.39, 0.29) is 18.1 Å². The zero-order chi connectivity index (χ0) is 24.6. The highest BCUT2D eigenvalue weighted by molar-refractivity contribution is 5.87. The zero-order valence-corrected chi connectivity index (χ0v) is 21.7. The number of nitrogens with one attached hydrogen (secondary N) is 2. The van der Waals surface area contributed by atoms with E-state index in [1.54, 1.807) is 0 Å². The Kier molecular flexibility index (Phi) is 6.97. The molecular weight excluding hydrogens is 426 g/mol. The van der Waals surface area contributed by atoms with E-state index in [0.717, 1.165) is 38.6 Å². The van der Waals surface area contributed by atoms with E-state index in [1.165, 1.54) is 27.7 Å². The minimum absolute atomic E-state index is 0.0761. The summed E-state index contributed by atoms with van der Waals surface area (Å²) in [4.78, 5) is 31.5. The fraction of sp³-hybridized carbons (Fsp3) is 0.643. The number of aromatic nitrogens is 1. The molecule has 186 valence electrons. The Morgan fingerprint density at radius 3 is 2.53 bits per heavy atom. The Hall–Kier alpha value is -2.50. The van der Waals surface area contributed by atoms with Gasteiger partial charge in [0.1, 0.15) is 5.60 Å². The van der Waals surface area contributed by atoms with Crippen LogP contribution < -0.4 is 5.32 Å². The number of hydrogen-bond donors (Lipinski definition) is 2. The molecule has 2 heterocycles. The fourth-order valence-corrected chi connectivity index (χ4v) is 5.77. The molecule has 1 saturated carbocycles. The van der Waals surface area contributed by atoms with Crippen molar-refractivity contribution < 1.29 is 14.3 Å². The van der Waals surface area contributed by atoms with E-state index in [1.807, 2.05) is 20.8 Å². The monoisotopic (exact) mass is 467 g/mol. The smallest absolute Gasteiger partial charge is 0.407 e. The maximum atomic E-state index is 13.7. The first kappa shape index (κ1) is 24.6. The number of aromatic amines is 1. The number of benzene rings is 1. The number of fused-ring (bicyclic) bond motifs is 3. The molecule has 6 heteroatoms. The summed E-state index contributed by atoms with van der Waals surface area (Å²) in [5.74, 6) is 1.12. The largest absolute Gasteiger partial charge is 0.444 e. The van der Waals surface area contributed by atoms with Crippen molar-refractivity contribution >= 4 is 22.9 Å². The second-order valence-corrected chi connectivity index (χ2v) is 11.6. The van der Waals surface area contributed by atoms with Crippen LogP contribution >= 0.6 is 0 Å². The average molecular weight is 468 g/mol. The topological polar surface area (TPSA) is 74.4 Å². The van der Waals surface area contributed by atoms with Crippen molar-refractivity contribution in [3.63, 3.8) is 0 Å². The third kappa shape index (κ3) is 5.26. The van der Waals surface area contributed by atoms with Gasteiger partial charge in [0.25, 0.3) is 0 Å². The molecular formula is C28H41N3O3. The van der Waals surface area contributed by atoms with E-state index in [9.17, 15) is 9.59 Å². The molecule has 2 amide bonds. The lowest BCUT2D eigenvalue weighted by Gasteiger charge is -2.41. The molecule has 1 aromatic heterocycles. The summed E-state index contributed by atoms with van der Waals surface area (Å²) in [6, 6.07) is 6.70. The molecule has 6 nitrogen and oxygen atoms in total. The summed E-state index contributed by atoms with van der Waals surface area (Å²) in [6.45, 7) is 13.6. The lowest BCUT2D eigenvalue weighted by Crippen LogP contribution is -2.46. The summed E-state index contributed by atoms with van der Waals surface area (Å²) >= 11 is 0. The van der Waals surface area contributed by atoms with Crippen molar-refractivity contribution in [1.82, 2.24) is 15.2 Å². The van der Waals surface area contributed by atoms with Crippen molar-refractivity contribution in [1.29, 1.82) is 0 Å². The van der Waals surface area contributed by atoms with Crippen LogP contribution in [0.3, 0.4) is 0 Å². The van der Waals surface area contributed by atoms with Crippen molar-refractivity contribution in [2.75, 3.05) is 13.1 Å². The second kappa shape index (κ2) is 9.63. The van der Waals surface area contributed by atoms with E-state index in [4.69, 9.17) is 4.74 Å². The first-order valence-electron chi connectivity index (χ1n) is 12.9. The molecule has 1 aromatic carbocycles. The molecule has 1 aliphatic heterocycles. The highest BCUT2D eigenvalue weighted by Crippen LogP contribution is 2.41. The Morgan fingerprint density at radius 2 is 1.88 bits per heavy atom. The minimum Gasteiger partial charge on any atom is -0.444 e. The third-order valence-electron chi connectivity index (χ3n) is 7.37. The normalized spacial score (nSPS) is 23.1. The molecule has 1 unspecified atom stereocenters. The molecule has 2 N–H and O–H groups in total. The number of H-pyrrole nitrogens is 1. The first-order chi connectivity index (χ1) is 16.0. The average Bonchev–Trinajstić information content (AvgIpc) is 3.12.